The third-order valence-electron chi connectivity index (χ3n) is 3.76. The molecule has 3 rings (SSSR count). The molecule has 2 aromatic carbocycles. The van der Waals surface area contributed by atoms with E-state index in [0.717, 1.165) is 0 Å². The van der Waals surface area contributed by atoms with Gasteiger partial charge in [0.2, 0.25) is 0 Å². The molecule has 0 fully saturated rings. The summed E-state index contributed by atoms with van der Waals surface area (Å²) in [6.07, 6.45) is 0.295. The minimum Gasteiger partial charge on any atom is -0.408 e. The van der Waals surface area contributed by atoms with Gasteiger partial charge in [0.1, 0.15) is 5.82 Å². The lowest BCUT2D eigenvalue weighted by atomic mass is 10.00. The van der Waals surface area contributed by atoms with E-state index < -0.39 is 17.6 Å². The molecule has 0 saturated carbocycles. The first-order valence-corrected chi connectivity index (χ1v) is 7.03. The average Bonchev–Trinajstić information content (AvgIpc) is 2.82. The van der Waals surface area contributed by atoms with Gasteiger partial charge in [-0.05, 0) is 29.3 Å². The predicted molar refractivity (Wildman–Crippen MR) is 84.1 cm³/mol. The summed E-state index contributed by atoms with van der Waals surface area (Å²) in [7, 11) is 1.60. The van der Waals surface area contributed by atoms with Crippen molar-refractivity contribution in [3.8, 4) is 17.2 Å². The summed E-state index contributed by atoms with van der Waals surface area (Å²) >= 11 is 0. The van der Waals surface area contributed by atoms with E-state index in [4.69, 9.17) is 15.4 Å². The molecule has 116 valence electrons. The van der Waals surface area contributed by atoms with E-state index in [1.807, 2.05) is 6.07 Å². The first-order valence-electron chi connectivity index (χ1n) is 7.03. The van der Waals surface area contributed by atoms with E-state index in [2.05, 4.69) is 0 Å². The van der Waals surface area contributed by atoms with Gasteiger partial charge in [-0.15, -0.1) is 0 Å². The number of nitrogens with two attached hydrogens (primary N) is 1. The molecule has 2 N–H and O–H groups in total. The largest absolute Gasteiger partial charge is 0.419 e. The Morgan fingerprint density at radius 1 is 1.35 bits per heavy atom. The fraction of sp³-hybridized carbons (Fsp3) is 0.176. The van der Waals surface area contributed by atoms with E-state index in [0.29, 0.717) is 34.2 Å². The molecular formula is C17H14FN3O2. The predicted octanol–water partition coefficient (Wildman–Crippen LogP) is 2.33. The summed E-state index contributed by atoms with van der Waals surface area (Å²) < 4.78 is 20.8. The molecule has 0 aliphatic rings. The smallest absolute Gasteiger partial charge is 0.408 e. The molecule has 0 aliphatic heterocycles. The molecule has 0 bridgehead atoms. The van der Waals surface area contributed by atoms with Crippen LogP contribution in [-0.4, -0.2) is 10.6 Å². The number of nitrogens with zero attached hydrogens (tertiary/aromatic N) is 2. The van der Waals surface area contributed by atoms with Gasteiger partial charge in [-0.2, -0.15) is 5.26 Å². The Kier molecular flexibility index (Phi) is 3.72. The van der Waals surface area contributed by atoms with Gasteiger partial charge in [-0.1, -0.05) is 18.2 Å². The zero-order chi connectivity index (χ0) is 16.6. The lowest BCUT2D eigenvalue weighted by Crippen LogP contribution is -2.20. The van der Waals surface area contributed by atoms with Crippen molar-refractivity contribution in [1.82, 2.24) is 4.57 Å². The SMILES string of the molecule is Cn1c(=O)oc2ccc(-c3ccc(CC(N)C#N)cc3F)cc21. The highest BCUT2D eigenvalue weighted by atomic mass is 19.1. The van der Waals surface area contributed by atoms with Gasteiger partial charge in [-0.3, -0.25) is 4.57 Å². The first-order chi connectivity index (χ1) is 11.0. The number of oxazole rings is 1. The van der Waals surface area contributed by atoms with Crippen molar-refractivity contribution >= 4 is 11.1 Å². The van der Waals surface area contributed by atoms with Crippen LogP contribution in [0.3, 0.4) is 0 Å². The quantitative estimate of drug-likeness (QED) is 0.804. The van der Waals surface area contributed by atoms with Crippen LogP contribution in [0.1, 0.15) is 5.56 Å². The zero-order valence-corrected chi connectivity index (χ0v) is 12.4. The molecule has 1 atom stereocenters. The van der Waals surface area contributed by atoms with Gasteiger partial charge >= 0.3 is 5.76 Å². The van der Waals surface area contributed by atoms with Crippen molar-refractivity contribution < 1.29 is 8.81 Å². The third-order valence-corrected chi connectivity index (χ3v) is 3.76. The van der Waals surface area contributed by atoms with Crippen molar-refractivity contribution in [3.05, 3.63) is 58.3 Å². The number of aromatic nitrogens is 1. The number of benzene rings is 2. The Labute approximate surface area is 131 Å². The Morgan fingerprint density at radius 3 is 2.83 bits per heavy atom. The minimum absolute atomic E-state index is 0.295. The molecule has 1 heterocycles. The lowest BCUT2D eigenvalue weighted by Gasteiger charge is -2.08. The average molecular weight is 311 g/mol. The summed E-state index contributed by atoms with van der Waals surface area (Å²) in [5, 5.41) is 8.72. The van der Waals surface area contributed by atoms with E-state index in [-0.39, 0.29) is 0 Å². The molecule has 23 heavy (non-hydrogen) atoms. The molecule has 0 aliphatic carbocycles. The maximum absolute atomic E-state index is 14.4. The normalized spacial score (nSPS) is 12.3. The van der Waals surface area contributed by atoms with Crippen molar-refractivity contribution in [2.45, 2.75) is 12.5 Å². The minimum atomic E-state index is -0.656. The molecule has 6 heteroatoms. The highest BCUT2D eigenvalue weighted by molar-refractivity contribution is 5.80. The van der Waals surface area contributed by atoms with Crippen molar-refractivity contribution in [3.63, 3.8) is 0 Å². The standard InChI is InChI=1S/C17H14FN3O2/c1-21-15-8-11(3-5-16(15)23-17(21)22)13-4-2-10(7-14(13)18)6-12(20)9-19/h2-5,7-8,12H,6,20H2,1H3. The number of nitriles is 1. The second kappa shape index (κ2) is 5.71. The first kappa shape index (κ1) is 15.0. The van der Waals surface area contributed by atoms with Crippen LogP contribution in [-0.2, 0) is 13.5 Å². The fourth-order valence-electron chi connectivity index (χ4n) is 2.51. The topological polar surface area (TPSA) is 84.9 Å². The fourth-order valence-corrected chi connectivity index (χ4v) is 2.51. The molecule has 5 nitrogen and oxygen atoms in total. The van der Waals surface area contributed by atoms with Crippen LogP contribution in [0, 0.1) is 17.1 Å². The Bertz CT molecular complexity index is 982. The molecule has 0 saturated heterocycles. The summed E-state index contributed by atoms with van der Waals surface area (Å²) in [5.74, 6) is -0.862. The monoisotopic (exact) mass is 311 g/mol. The van der Waals surface area contributed by atoms with Crippen molar-refractivity contribution in [1.29, 1.82) is 5.26 Å². The Morgan fingerprint density at radius 2 is 2.13 bits per heavy atom. The Balaban J connectivity index is 2.03. The van der Waals surface area contributed by atoms with Gasteiger partial charge in [0, 0.05) is 19.0 Å². The van der Waals surface area contributed by atoms with Crippen molar-refractivity contribution in [2.24, 2.45) is 12.8 Å². The third kappa shape index (κ3) is 2.74. The van der Waals surface area contributed by atoms with Crippen LogP contribution in [0.25, 0.3) is 22.2 Å². The van der Waals surface area contributed by atoms with Gasteiger partial charge in [0.05, 0.1) is 17.6 Å². The van der Waals surface area contributed by atoms with Crippen molar-refractivity contribution in [2.75, 3.05) is 0 Å². The second-order valence-electron chi connectivity index (χ2n) is 5.36. The molecule has 1 unspecified atom stereocenters. The van der Waals surface area contributed by atoms with Crippen LogP contribution in [0.15, 0.2) is 45.6 Å². The van der Waals surface area contributed by atoms with Gasteiger partial charge in [0.25, 0.3) is 0 Å². The van der Waals surface area contributed by atoms with E-state index in [1.54, 1.807) is 37.4 Å². The summed E-state index contributed by atoms with van der Waals surface area (Å²) in [6, 6.07) is 11.1. The zero-order valence-electron chi connectivity index (χ0n) is 12.4. The molecular weight excluding hydrogens is 297 g/mol. The maximum atomic E-state index is 14.4. The molecule has 1 aromatic heterocycles. The van der Waals surface area contributed by atoms with Crippen LogP contribution >= 0.6 is 0 Å². The van der Waals surface area contributed by atoms with E-state index >= 15 is 0 Å². The number of fused-ring (bicyclic) bond motifs is 1. The number of aryl methyl sites for hydroxylation is 1. The number of rotatable bonds is 3. The number of hydrogen-bond acceptors (Lipinski definition) is 4. The van der Waals surface area contributed by atoms with Crippen LogP contribution in [0.2, 0.25) is 0 Å². The number of hydrogen-bond donors (Lipinski definition) is 1. The summed E-state index contributed by atoms with van der Waals surface area (Å²) in [4.78, 5) is 11.5. The van der Waals surface area contributed by atoms with Crippen LogP contribution in [0.4, 0.5) is 4.39 Å². The molecule has 3 aromatic rings. The van der Waals surface area contributed by atoms with Crippen LogP contribution < -0.4 is 11.5 Å². The highest BCUT2D eigenvalue weighted by Crippen LogP contribution is 2.27. The lowest BCUT2D eigenvalue weighted by molar-refractivity contribution is 0.528. The molecule has 0 spiro atoms. The summed E-state index contributed by atoms with van der Waals surface area (Å²) in [6.45, 7) is 0. The van der Waals surface area contributed by atoms with Gasteiger partial charge < -0.3 is 10.2 Å². The van der Waals surface area contributed by atoms with Crippen LogP contribution in [0.5, 0.6) is 0 Å². The Hall–Kier alpha value is -2.91. The molecule has 0 radical (unpaired) electrons. The van der Waals surface area contributed by atoms with Gasteiger partial charge in [-0.25, -0.2) is 9.18 Å². The highest BCUT2D eigenvalue weighted by Gasteiger charge is 2.12. The number of halogens is 1. The maximum Gasteiger partial charge on any atom is 0.419 e. The van der Waals surface area contributed by atoms with Gasteiger partial charge in [0.15, 0.2) is 5.58 Å². The summed E-state index contributed by atoms with van der Waals surface area (Å²) in [5.41, 5.74) is 8.33. The van der Waals surface area contributed by atoms with E-state index in [1.165, 1.54) is 10.6 Å². The second-order valence-corrected chi connectivity index (χ2v) is 5.36. The molecule has 0 amide bonds. The van der Waals surface area contributed by atoms with E-state index in [9.17, 15) is 9.18 Å².